The fourth-order valence-corrected chi connectivity index (χ4v) is 7.14. The van der Waals surface area contributed by atoms with Crippen LogP contribution in [-0.2, 0) is 14.8 Å². The van der Waals surface area contributed by atoms with Crippen molar-refractivity contribution in [1.29, 1.82) is 0 Å². The molecule has 30 heavy (non-hydrogen) atoms. The van der Waals surface area contributed by atoms with E-state index in [2.05, 4.69) is 4.90 Å². The zero-order valence-corrected chi connectivity index (χ0v) is 18.3. The smallest absolute Gasteiger partial charge is 0.214 e. The minimum absolute atomic E-state index is 0.0515. The maximum atomic E-state index is 14.2. The summed E-state index contributed by atoms with van der Waals surface area (Å²) in [7, 11) is -3.25. The Labute approximate surface area is 177 Å². The summed E-state index contributed by atoms with van der Waals surface area (Å²) in [5.74, 6) is -0.443. The van der Waals surface area contributed by atoms with Gasteiger partial charge in [-0.1, -0.05) is 13.8 Å². The summed E-state index contributed by atoms with van der Waals surface area (Å²) in [6.07, 6.45) is 0.871. The summed E-state index contributed by atoms with van der Waals surface area (Å²) >= 11 is 0. The van der Waals surface area contributed by atoms with Crippen LogP contribution in [0, 0.1) is 23.5 Å². The molecule has 2 N–H and O–H groups in total. The first kappa shape index (κ1) is 22.1. The molecule has 0 spiro atoms. The fraction of sp³-hybridized carbons (Fsp3) is 0.714. The topological polar surface area (TPSA) is 75.9 Å². The molecule has 3 aliphatic rings. The highest BCUT2D eigenvalue weighted by molar-refractivity contribution is 7.89. The van der Waals surface area contributed by atoms with Gasteiger partial charge in [0.1, 0.15) is 17.7 Å². The van der Waals surface area contributed by atoms with Gasteiger partial charge in [0.05, 0.1) is 12.4 Å². The number of nitrogens with two attached hydrogens (primary N) is 1. The van der Waals surface area contributed by atoms with E-state index in [1.165, 1.54) is 0 Å². The molecular weight excluding hydrogens is 412 g/mol. The molecule has 1 aromatic carbocycles. The fourth-order valence-electron chi connectivity index (χ4n) is 5.29. The summed E-state index contributed by atoms with van der Waals surface area (Å²) in [5.41, 5.74) is 6.49. The van der Waals surface area contributed by atoms with Crippen molar-refractivity contribution in [3.63, 3.8) is 0 Å². The Kier molecular flexibility index (Phi) is 6.20. The van der Waals surface area contributed by atoms with Gasteiger partial charge in [-0.05, 0) is 49.4 Å². The van der Waals surface area contributed by atoms with Gasteiger partial charge in [-0.3, -0.25) is 4.90 Å². The first-order valence-corrected chi connectivity index (χ1v) is 12.3. The summed E-state index contributed by atoms with van der Waals surface area (Å²) in [6.45, 7) is 6.17. The molecule has 0 saturated carbocycles. The standard InChI is InChI=1S/C21H31F2N3O3S/c1-13(2)12-30(27,28)25-9-14-5-6-26(20(14)10-25)16-8-19(24)21(29-11-16)17-7-15(22)3-4-18(17)23/h3-4,7,13-14,16,19-21H,5-6,8-12,24H2,1-2H3. The van der Waals surface area contributed by atoms with Gasteiger partial charge in [-0.15, -0.1) is 0 Å². The Hall–Kier alpha value is -1.13. The molecule has 0 bridgehead atoms. The van der Waals surface area contributed by atoms with Gasteiger partial charge >= 0.3 is 0 Å². The normalized spacial score (nSPS) is 33.3. The van der Waals surface area contributed by atoms with E-state index in [4.69, 9.17) is 10.5 Å². The molecule has 3 aliphatic heterocycles. The molecule has 5 unspecified atom stereocenters. The Morgan fingerprint density at radius 1 is 1.27 bits per heavy atom. The number of hydrogen-bond acceptors (Lipinski definition) is 5. The SMILES string of the molecule is CC(C)CS(=O)(=O)N1CC2CCN(C3COC(c4cc(F)ccc4F)C(N)C3)C2C1. The summed E-state index contributed by atoms with van der Waals surface area (Å²) < 4.78 is 60.7. The average Bonchev–Trinajstić information content (AvgIpc) is 3.24. The average molecular weight is 444 g/mol. The van der Waals surface area contributed by atoms with Gasteiger partial charge in [0.2, 0.25) is 10.0 Å². The van der Waals surface area contributed by atoms with E-state index in [9.17, 15) is 17.2 Å². The summed E-state index contributed by atoms with van der Waals surface area (Å²) in [5, 5.41) is 0. The number of halogens is 2. The van der Waals surface area contributed by atoms with Crippen LogP contribution in [0.4, 0.5) is 8.78 Å². The number of hydrogen-bond donors (Lipinski definition) is 1. The first-order valence-electron chi connectivity index (χ1n) is 10.7. The lowest BCUT2D eigenvalue weighted by atomic mass is 9.92. The van der Waals surface area contributed by atoms with Crippen molar-refractivity contribution in [2.24, 2.45) is 17.6 Å². The second-order valence-electron chi connectivity index (χ2n) is 9.32. The minimum Gasteiger partial charge on any atom is -0.370 e. The van der Waals surface area contributed by atoms with Crippen molar-refractivity contribution < 1.29 is 21.9 Å². The van der Waals surface area contributed by atoms with Crippen LogP contribution in [0.2, 0.25) is 0 Å². The number of likely N-dealkylation sites (tertiary alicyclic amines) is 1. The van der Waals surface area contributed by atoms with E-state index in [1.54, 1.807) is 4.31 Å². The Balaban J connectivity index is 1.42. The number of ether oxygens (including phenoxy) is 1. The van der Waals surface area contributed by atoms with Crippen LogP contribution in [0.3, 0.4) is 0 Å². The second kappa shape index (κ2) is 8.43. The number of nitrogens with zero attached hydrogens (tertiary/aromatic N) is 2. The zero-order chi connectivity index (χ0) is 21.6. The number of benzene rings is 1. The molecule has 3 fully saturated rings. The van der Waals surface area contributed by atoms with E-state index in [-0.39, 0.29) is 29.3 Å². The molecule has 1 aromatic rings. The van der Waals surface area contributed by atoms with Crippen LogP contribution < -0.4 is 5.73 Å². The van der Waals surface area contributed by atoms with Gasteiger partial charge < -0.3 is 10.5 Å². The zero-order valence-electron chi connectivity index (χ0n) is 17.5. The van der Waals surface area contributed by atoms with Crippen LogP contribution in [0.1, 0.15) is 38.4 Å². The maximum Gasteiger partial charge on any atom is 0.214 e. The highest BCUT2D eigenvalue weighted by Gasteiger charge is 2.48. The van der Waals surface area contributed by atoms with E-state index in [0.29, 0.717) is 32.0 Å². The van der Waals surface area contributed by atoms with Crippen LogP contribution in [-0.4, -0.2) is 67.7 Å². The third-order valence-corrected chi connectivity index (χ3v) is 8.80. The van der Waals surface area contributed by atoms with Crippen LogP contribution in [0.25, 0.3) is 0 Å². The predicted molar refractivity (Wildman–Crippen MR) is 110 cm³/mol. The number of fused-ring (bicyclic) bond motifs is 1. The first-order chi connectivity index (χ1) is 14.2. The lowest BCUT2D eigenvalue weighted by molar-refractivity contribution is -0.0547. The van der Waals surface area contributed by atoms with Crippen LogP contribution in [0.15, 0.2) is 18.2 Å². The molecule has 3 heterocycles. The molecular formula is C21H31F2N3O3S. The lowest BCUT2D eigenvalue weighted by Gasteiger charge is -2.41. The molecule has 0 amide bonds. The van der Waals surface area contributed by atoms with Crippen molar-refractivity contribution in [2.75, 3.05) is 32.0 Å². The molecule has 0 aliphatic carbocycles. The molecule has 5 atom stereocenters. The summed E-state index contributed by atoms with van der Waals surface area (Å²) in [6, 6.07) is 3.09. The van der Waals surface area contributed by atoms with Gasteiger partial charge in [0.15, 0.2) is 0 Å². The molecule has 4 rings (SSSR count). The van der Waals surface area contributed by atoms with Gasteiger partial charge in [-0.2, -0.15) is 0 Å². The third kappa shape index (κ3) is 4.27. The number of rotatable bonds is 5. The second-order valence-corrected chi connectivity index (χ2v) is 11.3. The maximum absolute atomic E-state index is 14.2. The molecule has 0 radical (unpaired) electrons. The monoisotopic (exact) mass is 443 g/mol. The highest BCUT2D eigenvalue weighted by atomic mass is 32.2. The Bertz CT molecular complexity index is 882. The van der Waals surface area contributed by atoms with Crippen molar-refractivity contribution in [2.45, 2.75) is 50.9 Å². The predicted octanol–water partition coefficient (Wildman–Crippen LogP) is 2.11. The van der Waals surface area contributed by atoms with Crippen molar-refractivity contribution in [1.82, 2.24) is 9.21 Å². The molecule has 0 aromatic heterocycles. The Morgan fingerprint density at radius 2 is 2.03 bits per heavy atom. The van der Waals surface area contributed by atoms with E-state index >= 15 is 0 Å². The van der Waals surface area contributed by atoms with Crippen LogP contribution in [0.5, 0.6) is 0 Å². The van der Waals surface area contributed by atoms with Crippen molar-refractivity contribution >= 4 is 10.0 Å². The molecule has 168 valence electrons. The molecule has 6 nitrogen and oxygen atoms in total. The van der Waals surface area contributed by atoms with Crippen LogP contribution >= 0.6 is 0 Å². The van der Waals surface area contributed by atoms with Crippen molar-refractivity contribution in [3.05, 3.63) is 35.4 Å². The van der Waals surface area contributed by atoms with Gasteiger partial charge in [0.25, 0.3) is 0 Å². The molecule has 3 saturated heterocycles. The Morgan fingerprint density at radius 3 is 2.73 bits per heavy atom. The largest absolute Gasteiger partial charge is 0.370 e. The molecule has 9 heteroatoms. The van der Waals surface area contributed by atoms with Crippen molar-refractivity contribution in [3.8, 4) is 0 Å². The lowest BCUT2D eigenvalue weighted by Crippen LogP contribution is -2.52. The highest BCUT2D eigenvalue weighted by Crippen LogP contribution is 2.38. The third-order valence-electron chi connectivity index (χ3n) is 6.63. The van der Waals surface area contributed by atoms with E-state index < -0.39 is 33.8 Å². The quantitative estimate of drug-likeness (QED) is 0.755. The van der Waals surface area contributed by atoms with Gasteiger partial charge in [-0.25, -0.2) is 21.5 Å². The summed E-state index contributed by atoms with van der Waals surface area (Å²) in [4.78, 5) is 2.33. The van der Waals surface area contributed by atoms with E-state index in [0.717, 1.165) is 31.2 Å². The minimum atomic E-state index is -3.25. The number of sulfonamides is 1. The van der Waals surface area contributed by atoms with E-state index in [1.807, 2.05) is 13.8 Å². The van der Waals surface area contributed by atoms with Gasteiger partial charge in [0, 0.05) is 36.8 Å².